The summed E-state index contributed by atoms with van der Waals surface area (Å²) in [5.74, 6) is 2.11. The van der Waals surface area contributed by atoms with Gasteiger partial charge in [-0.2, -0.15) is 0 Å². The van der Waals surface area contributed by atoms with Gasteiger partial charge in [-0.1, -0.05) is 158 Å². The Morgan fingerprint density at radius 2 is 0.697 bits per heavy atom. The molecule has 12 aromatic rings. The highest BCUT2D eigenvalue weighted by Crippen LogP contribution is 2.42. The first kappa shape index (κ1) is 91.9. The number of rotatable bonds is 22. The minimum absolute atomic E-state index is 0.0178. The number of benzene rings is 8. The fraction of sp³-hybridized carbons (Fsp3) is 0.388. The molecule has 132 heavy (non-hydrogen) atoms. The molecule has 6 aliphatic rings. The van der Waals surface area contributed by atoms with Crippen molar-refractivity contribution < 1.29 is 62.4 Å². The molecule has 7 N–H and O–H groups in total. The molecule has 688 valence electrons. The molecular formula is C103H118N16O13. The summed E-state index contributed by atoms with van der Waals surface area (Å²) in [4.78, 5) is 134. The molecule has 8 aromatic carbocycles. The van der Waals surface area contributed by atoms with Crippen LogP contribution in [0, 0.1) is 11.8 Å². The lowest BCUT2D eigenvalue weighted by Gasteiger charge is -2.34. The maximum absolute atomic E-state index is 14.0. The number of nitrogens with one attached hydrogen (secondary N) is 6. The number of aromatic nitrogens is 8. The predicted molar refractivity (Wildman–Crippen MR) is 504 cm³/mol. The van der Waals surface area contributed by atoms with E-state index in [1.165, 1.54) is 14.2 Å². The molecule has 18 rings (SSSR count). The number of likely N-dealkylation sites (tertiary alicyclic amines) is 4. The van der Waals surface area contributed by atoms with Crippen LogP contribution < -0.4 is 10.6 Å². The van der Waals surface area contributed by atoms with Crippen LogP contribution in [0.25, 0.3) is 88.8 Å². The molecule has 8 atom stereocenters. The largest absolute Gasteiger partial charge is 0.480 e. The minimum Gasteiger partial charge on any atom is -0.480 e. The molecule has 29 nitrogen and oxygen atoms in total. The molecule has 10 heterocycles. The molecule has 6 fully saturated rings. The van der Waals surface area contributed by atoms with Crippen molar-refractivity contribution in [2.75, 3.05) is 95.0 Å². The lowest BCUT2D eigenvalue weighted by molar-refractivity contribution is -0.142. The van der Waals surface area contributed by atoms with Crippen LogP contribution in [0.2, 0.25) is 0 Å². The fourth-order valence-corrected chi connectivity index (χ4v) is 19.4. The van der Waals surface area contributed by atoms with Crippen LogP contribution in [-0.2, 0) is 42.9 Å². The number of ether oxygens (including phenoxy) is 5. The first-order chi connectivity index (χ1) is 63.9. The van der Waals surface area contributed by atoms with Crippen LogP contribution in [0.5, 0.6) is 0 Å². The van der Waals surface area contributed by atoms with Crippen LogP contribution in [0.3, 0.4) is 0 Å². The van der Waals surface area contributed by atoms with Gasteiger partial charge < -0.3 is 74.1 Å². The maximum Gasteiger partial charge on any atom is 0.410 e. The van der Waals surface area contributed by atoms with Gasteiger partial charge in [-0.05, 0) is 228 Å². The average molecular weight is 1790 g/mol. The zero-order valence-corrected chi connectivity index (χ0v) is 76.4. The van der Waals surface area contributed by atoms with Crippen LogP contribution in [0.15, 0.2) is 207 Å². The van der Waals surface area contributed by atoms with Crippen LogP contribution in [0.1, 0.15) is 168 Å². The van der Waals surface area contributed by atoms with E-state index in [-0.39, 0.29) is 65.9 Å². The topological polar surface area (TPSA) is 344 Å². The summed E-state index contributed by atoms with van der Waals surface area (Å²) in [5.41, 5.74) is 13.3. The van der Waals surface area contributed by atoms with E-state index in [2.05, 4.69) is 157 Å². The summed E-state index contributed by atoms with van der Waals surface area (Å²) >= 11 is 0. The van der Waals surface area contributed by atoms with Crippen molar-refractivity contribution in [1.29, 1.82) is 0 Å². The van der Waals surface area contributed by atoms with Crippen molar-refractivity contribution in [2.24, 2.45) is 11.8 Å². The van der Waals surface area contributed by atoms with Crippen molar-refractivity contribution in [2.45, 2.75) is 152 Å². The first-order valence-corrected chi connectivity index (χ1v) is 45.8. The summed E-state index contributed by atoms with van der Waals surface area (Å²) < 4.78 is 26.5. The van der Waals surface area contributed by atoms with E-state index in [1.807, 2.05) is 140 Å². The normalized spacial score (nSPS) is 18.7. The second-order valence-corrected chi connectivity index (χ2v) is 36.4. The number of methoxy groups -OCH3 is 2. The number of hydrogen-bond acceptors (Lipinski definition) is 18. The third-order valence-electron chi connectivity index (χ3n) is 26.1. The number of likely N-dealkylation sites (N-methyl/N-ethyl adjacent to an activating group) is 2. The van der Waals surface area contributed by atoms with E-state index in [0.29, 0.717) is 78.3 Å². The van der Waals surface area contributed by atoms with Gasteiger partial charge in [0.15, 0.2) is 0 Å². The number of H-pyrrole nitrogens is 4. The first-order valence-electron chi connectivity index (χ1n) is 45.8. The molecule has 4 aromatic heterocycles. The molecule has 0 aliphatic carbocycles. The Kier molecular flexibility index (Phi) is 28.8. The van der Waals surface area contributed by atoms with Gasteiger partial charge in [0.25, 0.3) is 0 Å². The Balaban J connectivity index is 0.000000170. The quantitative estimate of drug-likeness (QED) is 0.0310. The number of imidazole rings is 4. The van der Waals surface area contributed by atoms with Gasteiger partial charge in [-0.25, -0.2) is 34.3 Å². The molecular weight excluding hydrogens is 1670 g/mol. The summed E-state index contributed by atoms with van der Waals surface area (Å²) in [6, 6.07) is 59.0. The molecule has 29 heteroatoms. The number of carbonyl (C=O) groups excluding carboxylic acids is 6. The summed E-state index contributed by atoms with van der Waals surface area (Å²) in [6.07, 6.45) is 15.5. The Morgan fingerprint density at radius 1 is 0.394 bits per heavy atom. The van der Waals surface area contributed by atoms with E-state index in [0.717, 1.165) is 175 Å². The number of fused-ring (bicyclic) bond motifs is 2. The number of carboxylic acid groups (broad SMARTS) is 1. The van der Waals surface area contributed by atoms with E-state index in [9.17, 15) is 33.6 Å². The lowest BCUT2D eigenvalue weighted by Crippen LogP contribution is -2.53. The second-order valence-electron chi connectivity index (χ2n) is 36.4. The number of nitrogens with zero attached hydrogens (tertiary/aromatic N) is 10. The highest BCUT2D eigenvalue weighted by Gasteiger charge is 2.44. The molecule has 0 bridgehead atoms. The van der Waals surface area contributed by atoms with E-state index < -0.39 is 41.9 Å². The number of carboxylic acids is 1. The monoisotopic (exact) mass is 1790 g/mol. The van der Waals surface area contributed by atoms with Gasteiger partial charge in [-0.3, -0.25) is 33.9 Å². The van der Waals surface area contributed by atoms with Gasteiger partial charge in [-0.15, -0.1) is 0 Å². The molecule has 0 spiro atoms. The van der Waals surface area contributed by atoms with Gasteiger partial charge in [0.2, 0.25) is 17.7 Å². The molecule has 0 saturated carbocycles. The maximum atomic E-state index is 14.0. The molecule has 0 radical (unpaired) electrons. The number of aromatic amines is 4. The Hall–Kier alpha value is -13.4. The number of amides is 6. The standard InChI is InChI=1S/C49H54N8O5.C44H51N7O6.C10H13NO2/c1-55(2)44(34-9-5-4-6-10-34)48(59)57-24-8-12-42(57)46-51-30-40(53-46)38-20-19-36-27-35(17-18-37(36)28-38)31-13-15-32(16-14-31)39-29-50-45(52-39)41-11-7-23-56(41)47(58)43(54-49(60)61-3)33-21-25-62-26-22-33;1-44(2,3)57-43(54)51-20-6-8-37(51)40-46-26-35(48-40)33-16-15-31-23-30(13-14-32(31)24-33)27-9-11-28(12-10-27)34-25-45-39(47-34)36-7-5-19-50(36)41(52)38(49-42(53)55-4)29-17-21-56-22-18-29;1-11(2)9(10(12)13)8-6-4-3-5-7-8/h4-6,9-10,13-20,27-30,33,41-44H,7-8,11-12,21-26H2,1-3H3,(H,50,52)(H,51,53)(H,54,60);9-16,23-26,29,36-38H,5-8,17-22H2,1-4H3,(H,45,47)(H,46,48)(H,49,53);3-7,9H,1-2H3,(H,12,13)/t41-,42-,43-,44?;36-,37-,38-;/m00./s1. The van der Waals surface area contributed by atoms with Crippen molar-refractivity contribution in [3.05, 3.63) is 241 Å². The molecule has 6 amide bonds. The van der Waals surface area contributed by atoms with Crippen LogP contribution in [0.4, 0.5) is 14.4 Å². The second kappa shape index (κ2) is 41.4. The zero-order chi connectivity index (χ0) is 92.3. The molecule has 6 saturated heterocycles. The third kappa shape index (κ3) is 21.1. The smallest absolute Gasteiger partial charge is 0.410 e. The highest BCUT2D eigenvalue weighted by molar-refractivity contribution is 5.93. The zero-order valence-electron chi connectivity index (χ0n) is 76.4. The SMILES string of the molecule is CN(C)C(C(=O)O)c1ccccc1.COC(=O)N[C@H](C(=O)N1CCC[C@H]1c1ncc(-c2ccc(-c3ccc4cc(-c5cnc([C@@H]6CCCN6C(=O)C(c6ccccc6)N(C)C)[nH]5)ccc4c3)cc2)[nH]1)C1CCOCC1.COC(=O)N[C@H](C(=O)N1CCC[C@H]1c1ncc(-c2ccc(-c3ccc4cc(-c5cnc([C@@H]6CCCN6C(=O)OC(C)(C)C)[nH]5)ccc4c3)cc2)[nH]1)C1CCOCC1. The predicted octanol–water partition coefficient (Wildman–Crippen LogP) is 17.6. The average Bonchev–Trinajstić information content (AvgIpc) is 1.55. The van der Waals surface area contributed by atoms with Crippen molar-refractivity contribution in [1.82, 2.24) is 79.9 Å². The number of carbonyl (C=O) groups is 7. The molecule has 2 unspecified atom stereocenters. The summed E-state index contributed by atoms with van der Waals surface area (Å²) in [5, 5.41) is 19.1. The number of aliphatic carboxylic acids is 1. The number of hydrogen-bond donors (Lipinski definition) is 7. The minimum atomic E-state index is -0.823. The Morgan fingerprint density at radius 3 is 1.04 bits per heavy atom. The van der Waals surface area contributed by atoms with Gasteiger partial charge >= 0.3 is 24.2 Å². The highest BCUT2D eigenvalue weighted by atomic mass is 16.6. The van der Waals surface area contributed by atoms with E-state index in [1.54, 1.807) is 23.9 Å². The van der Waals surface area contributed by atoms with Crippen LogP contribution >= 0.6 is 0 Å². The lowest BCUT2D eigenvalue weighted by atomic mass is 9.90. The Bertz CT molecular complexity index is 6020. The summed E-state index contributed by atoms with van der Waals surface area (Å²) in [7, 11) is 10.1. The molecule has 6 aliphatic heterocycles. The van der Waals surface area contributed by atoms with Crippen molar-refractivity contribution in [3.63, 3.8) is 0 Å². The Labute approximate surface area is 768 Å². The number of alkyl carbamates (subject to hydrolysis) is 2. The van der Waals surface area contributed by atoms with Crippen molar-refractivity contribution >= 4 is 63.5 Å². The van der Waals surface area contributed by atoms with E-state index in [4.69, 9.17) is 43.7 Å². The van der Waals surface area contributed by atoms with Crippen molar-refractivity contribution in [3.8, 4) is 67.3 Å². The van der Waals surface area contributed by atoms with Gasteiger partial charge in [0, 0.05) is 63.7 Å². The van der Waals surface area contributed by atoms with Gasteiger partial charge in [0.05, 0.1) is 86.0 Å². The van der Waals surface area contributed by atoms with Crippen LogP contribution in [-0.4, -0.2) is 229 Å². The van der Waals surface area contributed by atoms with E-state index >= 15 is 0 Å². The van der Waals surface area contributed by atoms with Gasteiger partial charge in [0.1, 0.15) is 53.1 Å². The third-order valence-corrected chi connectivity index (χ3v) is 26.1. The fourth-order valence-electron chi connectivity index (χ4n) is 19.4. The summed E-state index contributed by atoms with van der Waals surface area (Å²) in [6.45, 7) is 10.5.